The van der Waals surface area contributed by atoms with E-state index in [0.29, 0.717) is 12.5 Å². The summed E-state index contributed by atoms with van der Waals surface area (Å²) in [5, 5.41) is 0. The smallest absolute Gasteiger partial charge is 0.215 e. The fourth-order valence-electron chi connectivity index (χ4n) is 2.14. The maximum Gasteiger partial charge on any atom is 0.215 e. The van der Waals surface area contributed by atoms with Crippen LogP contribution in [0, 0.1) is 12.8 Å². The van der Waals surface area contributed by atoms with Gasteiger partial charge < -0.3 is 0 Å². The number of unbranched alkanes of at least 4 members (excludes halogenated alkanes) is 1. The van der Waals surface area contributed by atoms with Crippen molar-refractivity contribution in [3.8, 4) is 0 Å². The van der Waals surface area contributed by atoms with Gasteiger partial charge in [0.1, 0.15) is 0 Å². The van der Waals surface area contributed by atoms with Crippen LogP contribution in [0.1, 0.15) is 50.7 Å². The van der Waals surface area contributed by atoms with E-state index in [9.17, 15) is 8.42 Å². The number of hydrogen-bond donors (Lipinski definition) is 1. The summed E-state index contributed by atoms with van der Waals surface area (Å²) >= 11 is 0. The Kier molecular flexibility index (Phi) is 7.24. The summed E-state index contributed by atoms with van der Waals surface area (Å²) in [7, 11) is -3.23. The lowest BCUT2D eigenvalue weighted by Gasteiger charge is -2.15. The number of benzene rings is 1. The molecule has 0 saturated heterocycles. The summed E-state index contributed by atoms with van der Waals surface area (Å²) in [6.07, 6.45) is 4.44. The molecule has 0 radical (unpaired) electrons. The lowest BCUT2D eigenvalue weighted by Crippen LogP contribution is -2.30. The van der Waals surface area contributed by atoms with Crippen LogP contribution in [0.3, 0.4) is 0 Å². The van der Waals surface area contributed by atoms with E-state index in [1.807, 2.05) is 31.2 Å². The number of aryl methyl sites for hydroxylation is 1. The molecule has 4 heteroatoms. The summed E-state index contributed by atoms with van der Waals surface area (Å²) < 4.78 is 26.9. The molecule has 1 rings (SSSR count). The molecule has 1 atom stereocenters. The molecule has 3 nitrogen and oxygen atoms in total. The molecule has 0 aliphatic carbocycles. The Bertz CT molecular complexity index is 480. The van der Waals surface area contributed by atoms with Gasteiger partial charge >= 0.3 is 0 Å². The van der Waals surface area contributed by atoms with Crippen molar-refractivity contribution in [1.82, 2.24) is 4.72 Å². The highest BCUT2D eigenvalue weighted by molar-refractivity contribution is 7.88. The topological polar surface area (TPSA) is 46.2 Å². The molecule has 0 aromatic heterocycles. The van der Waals surface area contributed by atoms with Gasteiger partial charge in [-0.05, 0) is 24.8 Å². The average molecular weight is 297 g/mol. The molecular weight excluding hydrogens is 270 g/mol. The van der Waals surface area contributed by atoms with Gasteiger partial charge in [0, 0.05) is 6.54 Å². The van der Waals surface area contributed by atoms with E-state index >= 15 is 0 Å². The van der Waals surface area contributed by atoms with E-state index in [1.54, 1.807) is 0 Å². The zero-order chi connectivity index (χ0) is 15.0. The average Bonchev–Trinajstić information content (AvgIpc) is 2.41. The van der Waals surface area contributed by atoms with Gasteiger partial charge in [0.05, 0.1) is 5.75 Å². The first-order valence-corrected chi connectivity index (χ1v) is 9.15. The minimum absolute atomic E-state index is 0.0670. The Labute approximate surface area is 123 Å². The van der Waals surface area contributed by atoms with Crippen molar-refractivity contribution in [2.75, 3.05) is 6.54 Å². The second-order valence-electron chi connectivity index (χ2n) is 5.51. The SMILES string of the molecule is CCCC[C@@H](CC)CNS(=O)(=O)Cc1ccc(C)cc1. The van der Waals surface area contributed by atoms with Gasteiger partial charge in [0.25, 0.3) is 0 Å². The van der Waals surface area contributed by atoms with Crippen LogP contribution < -0.4 is 4.72 Å². The third kappa shape index (κ3) is 6.53. The molecule has 0 heterocycles. The fraction of sp³-hybridized carbons (Fsp3) is 0.625. The Balaban J connectivity index is 2.50. The monoisotopic (exact) mass is 297 g/mol. The van der Waals surface area contributed by atoms with Crippen LogP contribution in [0.5, 0.6) is 0 Å². The van der Waals surface area contributed by atoms with Gasteiger partial charge in [0.2, 0.25) is 10.0 Å². The largest absolute Gasteiger partial charge is 0.215 e. The van der Waals surface area contributed by atoms with Crippen LogP contribution in [-0.2, 0) is 15.8 Å². The van der Waals surface area contributed by atoms with E-state index in [4.69, 9.17) is 0 Å². The molecule has 0 spiro atoms. The van der Waals surface area contributed by atoms with E-state index < -0.39 is 10.0 Å². The Hall–Kier alpha value is -0.870. The molecule has 20 heavy (non-hydrogen) atoms. The van der Waals surface area contributed by atoms with Crippen LogP contribution in [-0.4, -0.2) is 15.0 Å². The summed E-state index contributed by atoms with van der Waals surface area (Å²) in [6.45, 7) is 6.84. The van der Waals surface area contributed by atoms with Gasteiger partial charge in [-0.2, -0.15) is 0 Å². The molecule has 0 bridgehead atoms. The van der Waals surface area contributed by atoms with Crippen molar-refractivity contribution < 1.29 is 8.42 Å². The fourth-order valence-corrected chi connectivity index (χ4v) is 3.37. The summed E-state index contributed by atoms with van der Waals surface area (Å²) in [5.74, 6) is 0.514. The minimum atomic E-state index is -3.23. The minimum Gasteiger partial charge on any atom is -0.215 e. The molecule has 0 aliphatic rings. The second kappa shape index (κ2) is 8.42. The highest BCUT2D eigenvalue weighted by atomic mass is 32.2. The predicted octanol–water partition coefficient (Wildman–Crippen LogP) is 3.63. The standard InChI is InChI=1S/C16H27NO2S/c1-4-6-7-15(5-2)12-17-20(18,19)13-16-10-8-14(3)9-11-16/h8-11,15,17H,4-7,12-13H2,1-3H3/t15-/m1/s1. The molecule has 0 saturated carbocycles. The van der Waals surface area contributed by atoms with Crippen molar-refractivity contribution in [3.05, 3.63) is 35.4 Å². The third-order valence-electron chi connectivity index (χ3n) is 3.61. The van der Waals surface area contributed by atoms with Gasteiger partial charge in [0.15, 0.2) is 0 Å². The van der Waals surface area contributed by atoms with E-state index in [1.165, 1.54) is 0 Å². The Morgan fingerprint density at radius 3 is 2.35 bits per heavy atom. The molecule has 1 aromatic carbocycles. The highest BCUT2D eigenvalue weighted by Crippen LogP contribution is 2.13. The van der Waals surface area contributed by atoms with Crippen molar-refractivity contribution >= 4 is 10.0 Å². The van der Waals surface area contributed by atoms with Gasteiger partial charge in [-0.15, -0.1) is 0 Å². The quantitative estimate of drug-likeness (QED) is 0.756. The van der Waals surface area contributed by atoms with Crippen LogP contribution >= 0.6 is 0 Å². The lowest BCUT2D eigenvalue weighted by atomic mass is 10.00. The Morgan fingerprint density at radius 1 is 1.15 bits per heavy atom. The summed E-state index contributed by atoms with van der Waals surface area (Å²) in [6, 6.07) is 7.65. The maximum absolute atomic E-state index is 12.1. The van der Waals surface area contributed by atoms with Crippen molar-refractivity contribution in [2.45, 2.75) is 52.2 Å². The van der Waals surface area contributed by atoms with Crippen molar-refractivity contribution in [3.63, 3.8) is 0 Å². The van der Waals surface area contributed by atoms with Gasteiger partial charge in [-0.3, -0.25) is 0 Å². The number of rotatable bonds is 9. The molecule has 0 fully saturated rings. The summed E-state index contributed by atoms with van der Waals surface area (Å²) in [4.78, 5) is 0. The first-order chi connectivity index (χ1) is 9.46. The van der Waals surface area contributed by atoms with Crippen molar-refractivity contribution in [2.24, 2.45) is 5.92 Å². The van der Waals surface area contributed by atoms with E-state index in [0.717, 1.165) is 36.8 Å². The number of nitrogens with one attached hydrogen (secondary N) is 1. The summed E-state index contributed by atoms with van der Waals surface area (Å²) in [5.41, 5.74) is 1.98. The molecule has 0 aliphatic heterocycles. The third-order valence-corrected chi connectivity index (χ3v) is 4.93. The van der Waals surface area contributed by atoms with Crippen molar-refractivity contribution in [1.29, 1.82) is 0 Å². The molecule has 0 unspecified atom stereocenters. The normalized spacial score (nSPS) is 13.3. The Morgan fingerprint density at radius 2 is 1.80 bits per heavy atom. The second-order valence-corrected chi connectivity index (χ2v) is 7.32. The molecular formula is C16H27NO2S. The zero-order valence-corrected chi connectivity index (χ0v) is 13.7. The lowest BCUT2D eigenvalue weighted by molar-refractivity contribution is 0.443. The predicted molar refractivity (Wildman–Crippen MR) is 85.1 cm³/mol. The zero-order valence-electron chi connectivity index (χ0n) is 12.9. The molecule has 1 N–H and O–H groups in total. The van der Waals surface area contributed by atoms with Gasteiger partial charge in [-0.1, -0.05) is 62.9 Å². The maximum atomic E-state index is 12.1. The number of sulfonamides is 1. The van der Waals surface area contributed by atoms with Crippen LogP contribution in [0.2, 0.25) is 0 Å². The molecule has 0 amide bonds. The highest BCUT2D eigenvalue weighted by Gasteiger charge is 2.14. The first kappa shape index (κ1) is 17.2. The number of hydrogen-bond acceptors (Lipinski definition) is 2. The van der Waals surface area contributed by atoms with E-state index in [2.05, 4.69) is 18.6 Å². The molecule has 114 valence electrons. The van der Waals surface area contributed by atoms with Gasteiger partial charge in [-0.25, -0.2) is 13.1 Å². The first-order valence-electron chi connectivity index (χ1n) is 7.49. The van der Waals surface area contributed by atoms with Crippen LogP contribution in [0.25, 0.3) is 0 Å². The van der Waals surface area contributed by atoms with Crippen LogP contribution in [0.15, 0.2) is 24.3 Å². The molecule has 1 aromatic rings. The van der Waals surface area contributed by atoms with E-state index in [-0.39, 0.29) is 5.75 Å². The van der Waals surface area contributed by atoms with Crippen LogP contribution in [0.4, 0.5) is 0 Å².